The lowest BCUT2D eigenvalue weighted by Gasteiger charge is -2.12. The van der Waals surface area contributed by atoms with Gasteiger partial charge in [0.2, 0.25) is 5.43 Å². The molecule has 24 heavy (non-hydrogen) atoms. The number of benzene rings is 1. The smallest absolute Gasteiger partial charge is 0.271 e. The normalized spacial score (nSPS) is 14.7. The van der Waals surface area contributed by atoms with Crippen molar-refractivity contribution in [3.8, 4) is 11.3 Å². The number of hydrogen-bond acceptors (Lipinski definition) is 4. The largest absolute Gasteiger partial charge is 0.464 e. The minimum Gasteiger partial charge on any atom is -0.464 e. The molecule has 0 bridgehead atoms. The van der Waals surface area contributed by atoms with Crippen LogP contribution in [-0.2, 0) is 0 Å². The molecule has 3 heterocycles. The van der Waals surface area contributed by atoms with E-state index >= 15 is 0 Å². The molecule has 1 saturated carbocycles. The molecule has 5 nitrogen and oxygen atoms in total. The van der Waals surface area contributed by atoms with Crippen LogP contribution in [0.2, 0.25) is 0 Å². The van der Waals surface area contributed by atoms with Gasteiger partial charge in [0.25, 0.3) is 5.56 Å². The monoisotopic (exact) mass is 342 g/mol. The number of halogens is 1. The lowest BCUT2D eigenvalue weighted by atomic mass is 10.1. The lowest BCUT2D eigenvalue weighted by molar-refractivity contribution is 0.570. The summed E-state index contributed by atoms with van der Waals surface area (Å²) in [5, 5.41) is 0.343. The molecule has 4 aromatic rings. The molecule has 0 spiro atoms. The summed E-state index contributed by atoms with van der Waals surface area (Å²) in [6.45, 7) is 0. The summed E-state index contributed by atoms with van der Waals surface area (Å²) in [6, 6.07) is 6.46. The maximum Gasteiger partial charge on any atom is 0.271 e. The summed E-state index contributed by atoms with van der Waals surface area (Å²) in [6.07, 6.45) is 3.44. The fourth-order valence-electron chi connectivity index (χ4n) is 3.17. The number of hydrogen-bond donors (Lipinski definition) is 1. The number of pyridine rings is 1. The van der Waals surface area contributed by atoms with Gasteiger partial charge in [-0.25, -0.2) is 4.39 Å². The molecule has 7 heteroatoms. The standard InChI is InChI=1S/C17H11FN2O3S/c18-11-6-10-12(7-9(11)13-2-1-5-23-13)20(8-3-4-8)17-14(15(10)21)16(22)19-24-17/h1-2,5-8H,3-4H2,(H,19,22). The van der Waals surface area contributed by atoms with E-state index < -0.39 is 16.8 Å². The Kier molecular flexibility index (Phi) is 2.67. The van der Waals surface area contributed by atoms with E-state index in [2.05, 4.69) is 4.37 Å². The van der Waals surface area contributed by atoms with Gasteiger partial charge in [-0.1, -0.05) is 0 Å². The van der Waals surface area contributed by atoms with E-state index in [1.54, 1.807) is 18.2 Å². The third kappa shape index (κ3) is 1.78. The maximum atomic E-state index is 14.5. The molecule has 0 atom stereocenters. The average molecular weight is 342 g/mol. The van der Waals surface area contributed by atoms with Gasteiger partial charge in [0.1, 0.15) is 21.8 Å². The number of furan rings is 1. The minimum absolute atomic E-state index is 0.115. The fourth-order valence-corrected chi connectivity index (χ4v) is 4.09. The van der Waals surface area contributed by atoms with Crippen LogP contribution in [-0.4, -0.2) is 8.94 Å². The predicted octanol–water partition coefficient (Wildman–Crippen LogP) is 3.64. The van der Waals surface area contributed by atoms with Crippen LogP contribution in [0, 0.1) is 5.82 Å². The zero-order valence-corrected chi connectivity index (χ0v) is 13.2. The quantitative estimate of drug-likeness (QED) is 0.605. The highest BCUT2D eigenvalue weighted by Crippen LogP contribution is 2.40. The Morgan fingerprint density at radius 2 is 2.12 bits per heavy atom. The Morgan fingerprint density at radius 1 is 1.29 bits per heavy atom. The maximum absolute atomic E-state index is 14.5. The highest BCUT2D eigenvalue weighted by Gasteiger charge is 2.29. The predicted molar refractivity (Wildman–Crippen MR) is 90.1 cm³/mol. The zero-order valence-electron chi connectivity index (χ0n) is 12.3. The molecule has 0 saturated heterocycles. The van der Waals surface area contributed by atoms with E-state index in [0.717, 1.165) is 24.4 Å². The number of nitrogens with zero attached hydrogens (tertiary/aromatic N) is 1. The highest BCUT2D eigenvalue weighted by atomic mass is 32.1. The van der Waals surface area contributed by atoms with Gasteiger partial charge in [0.15, 0.2) is 0 Å². The average Bonchev–Trinajstić information content (AvgIpc) is 3.10. The molecular weight excluding hydrogens is 331 g/mol. The Morgan fingerprint density at radius 3 is 2.83 bits per heavy atom. The lowest BCUT2D eigenvalue weighted by Crippen LogP contribution is -2.15. The molecule has 0 aliphatic heterocycles. The first-order chi connectivity index (χ1) is 11.6. The number of nitrogens with one attached hydrogen (secondary N) is 1. The Balaban J connectivity index is 1.99. The molecule has 1 fully saturated rings. The van der Waals surface area contributed by atoms with Crippen molar-refractivity contribution in [1.29, 1.82) is 0 Å². The van der Waals surface area contributed by atoms with Crippen LogP contribution in [0.5, 0.6) is 0 Å². The summed E-state index contributed by atoms with van der Waals surface area (Å²) < 4.78 is 24.5. The van der Waals surface area contributed by atoms with Crippen molar-refractivity contribution in [3.63, 3.8) is 0 Å². The van der Waals surface area contributed by atoms with Crippen molar-refractivity contribution in [2.75, 3.05) is 0 Å². The number of aromatic amines is 1. The second-order valence-corrected chi connectivity index (χ2v) is 6.77. The van der Waals surface area contributed by atoms with Gasteiger partial charge in [-0.2, -0.15) is 0 Å². The molecule has 1 aliphatic carbocycles. The van der Waals surface area contributed by atoms with Crippen molar-refractivity contribution in [2.24, 2.45) is 0 Å². The van der Waals surface area contributed by atoms with Gasteiger partial charge < -0.3 is 8.98 Å². The summed E-state index contributed by atoms with van der Waals surface area (Å²) >= 11 is 1.15. The summed E-state index contributed by atoms with van der Waals surface area (Å²) in [4.78, 5) is 25.3. The molecule has 1 aliphatic rings. The minimum atomic E-state index is -0.539. The second kappa shape index (κ2) is 4.67. The molecule has 5 rings (SSSR count). The van der Waals surface area contributed by atoms with Gasteiger partial charge in [0, 0.05) is 11.4 Å². The van der Waals surface area contributed by atoms with Gasteiger partial charge in [-0.05, 0) is 48.6 Å². The molecule has 0 amide bonds. The topological polar surface area (TPSA) is 68.0 Å². The van der Waals surface area contributed by atoms with Crippen molar-refractivity contribution in [2.45, 2.75) is 18.9 Å². The first kappa shape index (κ1) is 13.7. The first-order valence-corrected chi connectivity index (χ1v) is 8.39. The van der Waals surface area contributed by atoms with Crippen LogP contribution in [0.15, 0.2) is 44.5 Å². The Bertz CT molecular complexity index is 1210. The fraction of sp³-hybridized carbons (Fsp3) is 0.176. The van der Waals surface area contributed by atoms with Crippen LogP contribution in [0.3, 0.4) is 0 Å². The number of H-pyrrole nitrogens is 1. The summed E-state index contributed by atoms with van der Waals surface area (Å²) in [5.74, 6) is -0.130. The molecule has 1 aromatic carbocycles. The summed E-state index contributed by atoms with van der Waals surface area (Å²) in [7, 11) is 0. The third-order valence-corrected chi connectivity index (χ3v) is 5.30. The van der Waals surface area contributed by atoms with Crippen molar-refractivity contribution < 1.29 is 8.81 Å². The Hall–Kier alpha value is -2.67. The molecule has 1 N–H and O–H groups in total. The molecule has 0 radical (unpaired) electrons. The molecule has 3 aromatic heterocycles. The highest BCUT2D eigenvalue weighted by molar-refractivity contribution is 7.12. The first-order valence-electron chi connectivity index (χ1n) is 7.58. The molecule has 120 valence electrons. The van der Waals surface area contributed by atoms with E-state index in [9.17, 15) is 14.0 Å². The summed E-state index contributed by atoms with van der Waals surface area (Å²) in [5.41, 5.74) is 0.109. The van der Waals surface area contributed by atoms with Gasteiger partial charge in [-0.3, -0.25) is 14.0 Å². The van der Waals surface area contributed by atoms with E-state index in [-0.39, 0.29) is 16.8 Å². The van der Waals surface area contributed by atoms with E-state index in [1.807, 2.05) is 4.57 Å². The Labute approximate surface area is 138 Å². The number of fused-ring (bicyclic) bond motifs is 2. The number of aromatic nitrogens is 2. The zero-order chi connectivity index (χ0) is 16.4. The van der Waals surface area contributed by atoms with E-state index in [0.29, 0.717) is 21.7 Å². The van der Waals surface area contributed by atoms with E-state index in [4.69, 9.17) is 4.42 Å². The molecule has 0 unspecified atom stereocenters. The van der Waals surface area contributed by atoms with Crippen LogP contribution in [0.4, 0.5) is 4.39 Å². The third-order valence-electron chi connectivity index (χ3n) is 4.42. The van der Waals surface area contributed by atoms with Gasteiger partial charge in [0.05, 0.1) is 17.3 Å². The van der Waals surface area contributed by atoms with Crippen molar-refractivity contribution >= 4 is 32.7 Å². The molecular formula is C17H11FN2O3S. The van der Waals surface area contributed by atoms with Gasteiger partial charge >= 0.3 is 0 Å². The second-order valence-electron chi connectivity index (χ2n) is 5.97. The van der Waals surface area contributed by atoms with Crippen LogP contribution < -0.4 is 11.0 Å². The van der Waals surface area contributed by atoms with E-state index in [1.165, 1.54) is 12.3 Å². The number of rotatable bonds is 2. The van der Waals surface area contributed by atoms with Crippen LogP contribution in [0.1, 0.15) is 18.9 Å². The van der Waals surface area contributed by atoms with Crippen molar-refractivity contribution in [1.82, 2.24) is 8.94 Å². The van der Waals surface area contributed by atoms with Crippen LogP contribution >= 0.6 is 11.5 Å². The van der Waals surface area contributed by atoms with Crippen LogP contribution in [0.25, 0.3) is 32.4 Å². The van der Waals surface area contributed by atoms with Crippen molar-refractivity contribution in [3.05, 3.63) is 56.9 Å². The SMILES string of the molecule is O=c1[nH]sc2c1c(=O)c1cc(F)c(-c3ccco3)cc1n2C1CC1. The van der Waals surface area contributed by atoms with Gasteiger partial charge in [-0.15, -0.1) is 0 Å².